The lowest BCUT2D eigenvalue weighted by molar-refractivity contribution is -0.321. The average Bonchev–Trinajstić information content (AvgIpc) is 3.01. The van der Waals surface area contributed by atoms with Crippen LogP contribution in [-0.2, 0) is 19.0 Å². The van der Waals surface area contributed by atoms with Gasteiger partial charge in [0.05, 0.1) is 6.92 Å². The van der Waals surface area contributed by atoms with E-state index in [1.165, 1.54) is 0 Å². The summed E-state index contributed by atoms with van der Waals surface area (Å²) in [4.78, 5) is 11.8. The van der Waals surface area contributed by atoms with E-state index in [2.05, 4.69) is 6.58 Å². The van der Waals surface area contributed by atoms with Crippen LogP contribution in [0.2, 0.25) is 0 Å². The van der Waals surface area contributed by atoms with E-state index in [-0.39, 0.29) is 0 Å². The molecule has 0 N–H and O–H groups in total. The lowest BCUT2D eigenvalue weighted by Gasteiger charge is -2.30. The third-order valence-electron chi connectivity index (χ3n) is 2.73. The van der Waals surface area contributed by atoms with Crippen molar-refractivity contribution in [3.05, 3.63) is 60.1 Å². The fourth-order valence-corrected chi connectivity index (χ4v) is 1.80. The Kier molecular flexibility index (Phi) is 4.13. The summed E-state index contributed by atoms with van der Waals surface area (Å²) in [6.45, 7) is 6.72. The third-order valence-corrected chi connectivity index (χ3v) is 2.73. The van der Waals surface area contributed by atoms with Crippen LogP contribution in [0.25, 0.3) is 0 Å². The number of carbonyl (C=O) groups excluding carboxylic acids is 1. The molecular formula is C16H18O4. The van der Waals surface area contributed by atoms with E-state index >= 15 is 0 Å². The first-order valence-electron chi connectivity index (χ1n) is 6.47. The molecule has 0 bridgehead atoms. The maximum absolute atomic E-state index is 11.8. The quantitative estimate of drug-likeness (QED) is 0.422. The molecule has 0 aromatic carbocycles. The van der Waals surface area contributed by atoms with Crippen molar-refractivity contribution in [3.63, 3.8) is 0 Å². The summed E-state index contributed by atoms with van der Waals surface area (Å²) >= 11 is 0. The van der Waals surface area contributed by atoms with Crippen LogP contribution in [-0.4, -0.2) is 11.9 Å². The SMILES string of the molecule is C=C(C)C(=O)OC(C)(OC1=CC=CC1)OC1=CC=CC1. The molecule has 106 valence electrons. The largest absolute Gasteiger partial charge is 0.425 e. The molecule has 0 spiro atoms. The molecule has 0 saturated carbocycles. The van der Waals surface area contributed by atoms with Gasteiger partial charge in [0.15, 0.2) is 0 Å². The Bertz CT molecular complexity index is 494. The zero-order valence-corrected chi connectivity index (χ0v) is 11.7. The van der Waals surface area contributed by atoms with Crippen molar-refractivity contribution in [1.82, 2.24) is 0 Å². The number of hydrogen-bond donors (Lipinski definition) is 0. The predicted molar refractivity (Wildman–Crippen MR) is 75.2 cm³/mol. The van der Waals surface area contributed by atoms with Crippen molar-refractivity contribution in [3.8, 4) is 0 Å². The van der Waals surface area contributed by atoms with Gasteiger partial charge in [-0.2, -0.15) is 0 Å². The highest BCUT2D eigenvalue weighted by atomic mass is 16.9. The second-order valence-electron chi connectivity index (χ2n) is 4.77. The molecule has 0 fully saturated rings. The van der Waals surface area contributed by atoms with E-state index in [0.29, 0.717) is 29.9 Å². The molecule has 0 amide bonds. The Morgan fingerprint density at radius 3 is 2.00 bits per heavy atom. The molecule has 0 heterocycles. The minimum Gasteiger partial charge on any atom is -0.425 e. The molecule has 2 aliphatic carbocycles. The molecule has 4 nitrogen and oxygen atoms in total. The van der Waals surface area contributed by atoms with E-state index in [4.69, 9.17) is 14.2 Å². The van der Waals surface area contributed by atoms with Crippen LogP contribution in [0.1, 0.15) is 26.7 Å². The van der Waals surface area contributed by atoms with Gasteiger partial charge in [-0.15, -0.1) is 0 Å². The van der Waals surface area contributed by atoms with Crippen molar-refractivity contribution >= 4 is 5.97 Å². The molecule has 0 aromatic rings. The van der Waals surface area contributed by atoms with Gasteiger partial charge in [-0.05, 0) is 19.1 Å². The van der Waals surface area contributed by atoms with Gasteiger partial charge < -0.3 is 14.2 Å². The van der Waals surface area contributed by atoms with Crippen LogP contribution < -0.4 is 0 Å². The Morgan fingerprint density at radius 1 is 1.15 bits per heavy atom. The Labute approximate surface area is 118 Å². The van der Waals surface area contributed by atoms with E-state index in [9.17, 15) is 4.79 Å². The Morgan fingerprint density at radius 2 is 1.65 bits per heavy atom. The molecule has 0 aliphatic heterocycles. The van der Waals surface area contributed by atoms with Gasteiger partial charge in [0.25, 0.3) is 0 Å². The number of esters is 1. The van der Waals surface area contributed by atoms with Crippen LogP contribution in [0.5, 0.6) is 0 Å². The number of hydrogen-bond acceptors (Lipinski definition) is 4. The van der Waals surface area contributed by atoms with Crippen LogP contribution in [0.3, 0.4) is 0 Å². The summed E-state index contributed by atoms with van der Waals surface area (Å²) in [6, 6.07) is 0. The second kappa shape index (κ2) is 5.82. The van der Waals surface area contributed by atoms with Crippen LogP contribution in [0.15, 0.2) is 60.1 Å². The van der Waals surface area contributed by atoms with Crippen LogP contribution in [0.4, 0.5) is 0 Å². The first-order valence-corrected chi connectivity index (χ1v) is 6.47. The molecule has 0 saturated heterocycles. The third kappa shape index (κ3) is 3.63. The maximum atomic E-state index is 11.8. The predicted octanol–water partition coefficient (Wildman–Crippen LogP) is 3.50. The van der Waals surface area contributed by atoms with Crippen molar-refractivity contribution in [2.75, 3.05) is 0 Å². The van der Waals surface area contributed by atoms with Crippen molar-refractivity contribution in [2.24, 2.45) is 0 Å². The highest BCUT2D eigenvalue weighted by Crippen LogP contribution is 2.28. The lowest BCUT2D eigenvalue weighted by Crippen LogP contribution is -2.37. The molecule has 2 aliphatic rings. The van der Waals surface area contributed by atoms with Gasteiger partial charge in [0.2, 0.25) is 0 Å². The second-order valence-corrected chi connectivity index (χ2v) is 4.77. The highest BCUT2D eigenvalue weighted by Gasteiger charge is 2.36. The first kappa shape index (κ1) is 14.2. The molecule has 4 heteroatoms. The Hall–Kier alpha value is -2.23. The Balaban J connectivity index is 2.08. The summed E-state index contributed by atoms with van der Waals surface area (Å²) in [5.41, 5.74) is 0.292. The molecule has 0 unspecified atom stereocenters. The summed E-state index contributed by atoms with van der Waals surface area (Å²) in [5, 5.41) is 0. The smallest absolute Gasteiger partial charge is 0.415 e. The molecule has 2 rings (SSSR count). The number of ether oxygens (including phenoxy) is 3. The summed E-state index contributed by atoms with van der Waals surface area (Å²) in [7, 11) is 0. The van der Waals surface area contributed by atoms with E-state index in [1.54, 1.807) is 13.8 Å². The number of carbonyl (C=O) groups is 1. The topological polar surface area (TPSA) is 44.8 Å². The summed E-state index contributed by atoms with van der Waals surface area (Å²) < 4.78 is 16.7. The van der Waals surface area contributed by atoms with Crippen LogP contribution >= 0.6 is 0 Å². The van der Waals surface area contributed by atoms with Gasteiger partial charge in [0.1, 0.15) is 11.5 Å². The first-order chi connectivity index (χ1) is 9.48. The maximum Gasteiger partial charge on any atom is 0.415 e. The molecule has 0 aromatic heterocycles. The van der Waals surface area contributed by atoms with Crippen molar-refractivity contribution in [1.29, 1.82) is 0 Å². The minimum absolute atomic E-state index is 0.292. The van der Waals surface area contributed by atoms with Crippen LogP contribution in [0, 0.1) is 0 Å². The zero-order valence-electron chi connectivity index (χ0n) is 11.7. The molecule has 20 heavy (non-hydrogen) atoms. The van der Waals surface area contributed by atoms with Gasteiger partial charge in [-0.1, -0.05) is 30.9 Å². The standard InChI is InChI=1S/C16H18O4/c1-12(2)15(17)20-16(3,18-13-8-4-5-9-13)19-14-10-6-7-11-14/h4-8,10H,1,9,11H2,2-3H3. The minimum atomic E-state index is -1.49. The van der Waals surface area contributed by atoms with E-state index in [1.807, 2.05) is 36.5 Å². The fourth-order valence-electron chi connectivity index (χ4n) is 1.80. The lowest BCUT2D eigenvalue weighted by atomic mass is 10.3. The number of rotatable bonds is 6. The fraction of sp³-hybridized carbons (Fsp3) is 0.312. The monoisotopic (exact) mass is 274 g/mol. The van der Waals surface area contributed by atoms with Gasteiger partial charge in [0, 0.05) is 18.4 Å². The molecular weight excluding hydrogens is 256 g/mol. The van der Waals surface area contributed by atoms with E-state index in [0.717, 1.165) is 0 Å². The van der Waals surface area contributed by atoms with Gasteiger partial charge >= 0.3 is 11.9 Å². The molecule has 0 radical (unpaired) electrons. The van der Waals surface area contributed by atoms with Crippen molar-refractivity contribution in [2.45, 2.75) is 32.7 Å². The summed E-state index contributed by atoms with van der Waals surface area (Å²) in [5.74, 6) is -0.668. The summed E-state index contributed by atoms with van der Waals surface area (Å²) in [6.07, 6.45) is 12.6. The normalized spacial score (nSPS) is 16.7. The molecule has 0 atom stereocenters. The van der Waals surface area contributed by atoms with Gasteiger partial charge in [-0.3, -0.25) is 0 Å². The average molecular weight is 274 g/mol. The van der Waals surface area contributed by atoms with Gasteiger partial charge in [-0.25, -0.2) is 4.79 Å². The van der Waals surface area contributed by atoms with E-state index < -0.39 is 11.9 Å². The highest BCUT2D eigenvalue weighted by molar-refractivity contribution is 5.87. The van der Waals surface area contributed by atoms with Crippen molar-refractivity contribution < 1.29 is 19.0 Å². The zero-order chi connectivity index (χ0) is 14.6. The number of allylic oxidation sites excluding steroid dienone is 6.